The highest BCUT2D eigenvalue weighted by molar-refractivity contribution is 5.81. The molecule has 1 saturated heterocycles. The van der Waals surface area contributed by atoms with Gasteiger partial charge >= 0.3 is 0 Å². The maximum atomic E-state index is 11.2. The fraction of sp³-hybridized carbons (Fsp3) is 0.778. The third-order valence-electron chi connectivity index (χ3n) is 2.12. The first kappa shape index (κ1) is 10.2. The topological polar surface area (TPSA) is 49.4 Å². The van der Waals surface area contributed by atoms with Crippen LogP contribution in [0.3, 0.4) is 0 Å². The third kappa shape index (κ3) is 3.55. The fourth-order valence-electron chi connectivity index (χ4n) is 1.46. The van der Waals surface area contributed by atoms with Crippen LogP contribution in [0.15, 0.2) is 0 Å². The Morgan fingerprint density at radius 3 is 2.69 bits per heavy atom. The monoisotopic (exact) mass is 183 g/mol. The van der Waals surface area contributed by atoms with Gasteiger partial charge in [-0.05, 0) is 32.9 Å². The van der Waals surface area contributed by atoms with Gasteiger partial charge < -0.3 is 5.32 Å². The molecule has 0 saturated carbocycles. The SMILES string of the molecule is C[C@@H]([C]=O)NC(=O)CN1CCCC1. The molecule has 4 nitrogen and oxygen atoms in total. The van der Waals surface area contributed by atoms with Crippen molar-refractivity contribution in [1.29, 1.82) is 0 Å². The third-order valence-corrected chi connectivity index (χ3v) is 2.12. The van der Waals surface area contributed by atoms with Crippen molar-refractivity contribution < 1.29 is 9.59 Å². The van der Waals surface area contributed by atoms with Crippen molar-refractivity contribution in [1.82, 2.24) is 10.2 Å². The molecule has 1 atom stereocenters. The zero-order valence-corrected chi connectivity index (χ0v) is 7.88. The van der Waals surface area contributed by atoms with Crippen molar-refractivity contribution in [2.75, 3.05) is 19.6 Å². The Bertz CT molecular complexity index is 188. The molecule has 13 heavy (non-hydrogen) atoms. The van der Waals surface area contributed by atoms with Gasteiger partial charge in [-0.2, -0.15) is 0 Å². The Morgan fingerprint density at radius 2 is 2.15 bits per heavy atom. The second kappa shape index (κ2) is 4.97. The van der Waals surface area contributed by atoms with Gasteiger partial charge in [0, 0.05) is 0 Å². The maximum Gasteiger partial charge on any atom is 0.234 e. The van der Waals surface area contributed by atoms with Crippen molar-refractivity contribution in [3.8, 4) is 0 Å². The van der Waals surface area contributed by atoms with Crippen LogP contribution in [0, 0.1) is 0 Å². The molecule has 0 aromatic heterocycles. The number of nitrogens with one attached hydrogen (secondary N) is 1. The van der Waals surface area contributed by atoms with E-state index in [1.54, 1.807) is 13.2 Å². The van der Waals surface area contributed by atoms with Crippen molar-refractivity contribution in [2.24, 2.45) is 0 Å². The van der Waals surface area contributed by atoms with E-state index in [0.29, 0.717) is 6.54 Å². The van der Waals surface area contributed by atoms with Crippen LogP contribution < -0.4 is 5.32 Å². The summed E-state index contributed by atoms with van der Waals surface area (Å²) in [5.41, 5.74) is 0. The minimum atomic E-state index is -0.491. The molecule has 1 amide bonds. The Kier molecular flexibility index (Phi) is 3.89. The van der Waals surface area contributed by atoms with Crippen LogP contribution >= 0.6 is 0 Å². The highest BCUT2D eigenvalue weighted by atomic mass is 16.2. The van der Waals surface area contributed by atoms with Crippen LogP contribution in [0.25, 0.3) is 0 Å². The fourth-order valence-corrected chi connectivity index (χ4v) is 1.46. The molecule has 1 N–H and O–H groups in total. The van der Waals surface area contributed by atoms with Crippen LogP contribution in [0.1, 0.15) is 19.8 Å². The second-order valence-corrected chi connectivity index (χ2v) is 3.39. The lowest BCUT2D eigenvalue weighted by Crippen LogP contribution is -2.40. The van der Waals surface area contributed by atoms with E-state index >= 15 is 0 Å². The van der Waals surface area contributed by atoms with Gasteiger partial charge in [-0.15, -0.1) is 0 Å². The standard InChI is InChI=1S/C9H15N2O2/c1-8(7-12)10-9(13)6-11-4-2-3-5-11/h8H,2-6H2,1H3,(H,10,13)/t8-/m0/s1. The molecule has 73 valence electrons. The highest BCUT2D eigenvalue weighted by Gasteiger charge is 2.15. The molecular formula is C9H15N2O2. The van der Waals surface area contributed by atoms with Crippen molar-refractivity contribution >= 4 is 12.2 Å². The molecule has 1 rings (SSSR count). The molecule has 1 fully saturated rings. The molecule has 1 radical (unpaired) electrons. The molecule has 0 aliphatic carbocycles. The number of amides is 1. The minimum absolute atomic E-state index is 0.0854. The van der Waals surface area contributed by atoms with Gasteiger partial charge in [-0.1, -0.05) is 0 Å². The molecule has 0 aromatic carbocycles. The Morgan fingerprint density at radius 1 is 1.54 bits per heavy atom. The lowest BCUT2D eigenvalue weighted by molar-refractivity contribution is -0.122. The van der Waals surface area contributed by atoms with Gasteiger partial charge in [0.2, 0.25) is 12.2 Å². The number of hydrogen-bond acceptors (Lipinski definition) is 3. The quantitative estimate of drug-likeness (QED) is 0.651. The smallest absolute Gasteiger partial charge is 0.234 e. The van der Waals surface area contributed by atoms with Crippen LogP contribution in [0.2, 0.25) is 0 Å². The van der Waals surface area contributed by atoms with E-state index in [4.69, 9.17) is 0 Å². The van der Waals surface area contributed by atoms with E-state index in [2.05, 4.69) is 10.2 Å². The molecule has 4 heteroatoms. The summed E-state index contributed by atoms with van der Waals surface area (Å²) in [5.74, 6) is -0.0854. The Balaban J connectivity index is 2.20. The summed E-state index contributed by atoms with van der Waals surface area (Å²) in [4.78, 5) is 23.5. The average molecular weight is 183 g/mol. The number of nitrogens with zero attached hydrogens (tertiary/aromatic N) is 1. The number of rotatable bonds is 4. The van der Waals surface area contributed by atoms with E-state index in [1.165, 1.54) is 12.8 Å². The summed E-state index contributed by atoms with van der Waals surface area (Å²) < 4.78 is 0. The Labute approximate surface area is 78.3 Å². The van der Waals surface area contributed by atoms with E-state index in [-0.39, 0.29) is 5.91 Å². The molecule has 1 aliphatic rings. The van der Waals surface area contributed by atoms with Gasteiger partial charge in [0.1, 0.15) is 0 Å². The van der Waals surface area contributed by atoms with Gasteiger partial charge in [0.05, 0.1) is 12.6 Å². The summed E-state index contributed by atoms with van der Waals surface area (Å²) in [5, 5.41) is 2.55. The molecule has 1 aliphatic heterocycles. The number of likely N-dealkylation sites (tertiary alicyclic amines) is 1. The van der Waals surface area contributed by atoms with Gasteiger partial charge in [0.25, 0.3) is 0 Å². The van der Waals surface area contributed by atoms with E-state index < -0.39 is 6.04 Å². The first-order valence-corrected chi connectivity index (χ1v) is 4.62. The summed E-state index contributed by atoms with van der Waals surface area (Å²) in [7, 11) is 0. The summed E-state index contributed by atoms with van der Waals surface area (Å²) in [6, 6.07) is -0.491. The largest absolute Gasteiger partial charge is 0.345 e. The predicted octanol–water partition coefficient (Wildman–Crippen LogP) is -0.303. The Hall–Kier alpha value is -0.900. The van der Waals surface area contributed by atoms with Gasteiger partial charge in [0.15, 0.2) is 0 Å². The molecular weight excluding hydrogens is 168 g/mol. The molecule has 0 aromatic rings. The molecule has 0 unspecified atom stereocenters. The molecule has 0 spiro atoms. The summed E-state index contributed by atoms with van der Waals surface area (Å²) >= 11 is 0. The van der Waals surface area contributed by atoms with Crippen LogP contribution in [0.4, 0.5) is 0 Å². The van der Waals surface area contributed by atoms with Crippen LogP contribution in [-0.4, -0.2) is 42.8 Å². The van der Waals surface area contributed by atoms with Crippen molar-refractivity contribution in [3.63, 3.8) is 0 Å². The van der Waals surface area contributed by atoms with Gasteiger partial charge in [-0.25, -0.2) is 0 Å². The van der Waals surface area contributed by atoms with Crippen LogP contribution in [0.5, 0.6) is 0 Å². The minimum Gasteiger partial charge on any atom is -0.345 e. The zero-order chi connectivity index (χ0) is 9.68. The van der Waals surface area contributed by atoms with E-state index in [1.807, 2.05) is 0 Å². The summed E-state index contributed by atoms with van der Waals surface area (Å²) in [6.45, 7) is 4.01. The maximum absolute atomic E-state index is 11.2. The average Bonchev–Trinajstić information content (AvgIpc) is 2.56. The van der Waals surface area contributed by atoms with Crippen molar-refractivity contribution in [2.45, 2.75) is 25.8 Å². The van der Waals surface area contributed by atoms with E-state index in [9.17, 15) is 9.59 Å². The first-order valence-electron chi connectivity index (χ1n) is 4.62. The number of carbonyl (C=O) groups excluding carboxylic acids is 2. The number of hydrogen-bond donors (Lipinski definition) is 1. The molecule has 0 bridgehead atoms. The lowest BCUT2D eigenvalue weighted by Gasteiger charge is -2.14. The second-order valence-electron chi connectivity index (χ2n) is 3.39. The zero-order valence-electron chi connectivity index (χ0n) is 7.88. The predicted molar refractivity (Wildman–Crippen MR) is 49.0 cm³/mol. The van der Waals surface area contributed by atoms with E-state index in [0.717, 1.165) is 13.1 Å². The lowest BCUT2D eigenvalue weighted by atomic mass is 10.3. The van der Waals surface area contributed by atoms with Crippen LogP contribution in [-0.2, 0) is 9.59 Å². The normalized spacial score (nSPS) is 19.8. The molecule has 1 heterocycles. The number of carbonyl (C=O) groups is 1. The summed E-state index contributed by atoms with van der Waals surface area (Å²) in [6.07, 6.45) is 4.06. The van der Waals surface area contributed by atoms with Crippen molar-refractivity contribution in [3.05, 3.63) is 0 Å². The highest BCUT2D eigenvalue weighted by Crippen LogP contribution is 2.05. The first-order chi connectivity index (χ1) is 6.22. The van der Waals surface area contributed by atoms with Gasteiger partial charge in [-0.3, -0.25) is 14.5 Å².